The molecule has 0 spiro atoms. The number of rotatable bonds is 7. The number of nitrogens with one attached hydrogen (secondary N) is 3. The Labute approximate surface area is 147 Å². The molecule has 3 fully saturated rings. The molecule has 3 N–H and O–H groups in total. The third-order valence-corrected chi connectivity index (χ3v) is 5.56. The average Bonchev–Trinajstić information content (AvgIpc) is 3.39. The van der Waals surface area contributed by atoms with Gasteiger partial charge in [-0.1, -0.05) is 13.8 Å². The van der Waals surface area contributed by atoms with Gasteiger partial charge in [-0.05, 0) is 36.5 Å². The summed E-state index contributed by atoms with van der Waals surface area (Å²) in [4.78, 5) is 47.2. The molecule has 1 heterocycles. The van der Waals surface area contributed by atoms with Crippen LogP contribution in [-0.4, -0.2) is 36.2 Å². The average molecular weight is 349 g/mol. The first-order chi connectivity index (χ1) is 11.7. The van der Waals surface area contributed by atoms with Crippen molar-refractivity contribution in [3.63, 3.8) is 0 Å². The number of carbonyl (C=O) groups is 4. The first-order valence-corrected chi connectivity index (χ1v) is 9.14. The lowest BCUT2D eigenvalue weighted by Gasteiger charge is -2.23. The van der Waals surface area contributed by atoms with Crippen LogP contribution in [0.3, 0.4) is 0 Å². The Morgan fingerprint density at radius 1 is 1.20 bits per heavy atom. The highest BCUT2D eigenvalue weighted by Gasteiger charge is 2.50. The summed E-state index contributed by atoms with van der Waals surface area (Å²) in [5.74, 6) is -0.449. The summed E-state index contributed by atoms with van der Waals surface area (Å²) >= 11 is 0. The standard InChI is InChI=1S/C18H27N3O4/c1-18(2)8-12(18)17(25)19-9-13(11-3-4-11)20-14(22)5-10-6-15(23)21-16(24)7-10/h10-13H,3-9H2,1-2H3,(H,19,25)(H,20,22)(H,21,23,24)/t12-,13?/m1/s1. The SMILES string of the molecule is CC1(C)C[C@@H]1C(=O)NCC(NC(=O)CC1CC(=O)NC(=O)C1)C1CC1. The fraction of sp³-hybridized carbons (Fsp3) is 0.778. The van der Waals surface area contributed by atoms with Crippen LogP contribution in [0.2, 0.25) is 0 Å². The molecule has 3 rings (SSSR count). The van der Waals surface area contributed by atoms with Crippen molar-refractivity contribution in [1.29, 1.82) is 0 Å². The predicted octanol–water partition coefficient (Wildman–Crippen LogP) is 0.486. The van der Waals surface area contributed by atoms with Crippen LogP contribution in [0.5, 0.6) is 0 Å². The minimum Gasteiger partial charge on any atom is -0.354 e. The Morgan fingerprint density at radius 2 is 1.80 bits per heavy atom. The van der Waals surface area contributed by atoms with Gasteiger partial charge in [-0.3, -0.25) is 24.5 Å². The van der Waals surface area contributed by atoms with E-state index in [1.165, 1.54) is 0 Å². The highest BCUT2D eigenvalue weighted by Crippen LogP contribution is 2.51. The van der Waals surface area contributed by atoms with E-state index in [9.17, 15) is 19.2 Å². The summed E-state index contributed by atoms with van der Waals surface area (Å²) in [7, 11) is 0. The van der Waals surface area contributed by atoms with Crippen LogP contribution in [0.1, 0.15) is 52.4 Å². The van der Waals surface area contributed by atoms with E-state index >= 15 is 0 Å². The number of hydrogen-bond donors (Lipinski definition) is 3. The van der Waals surface area contributed by atoms with E-state index < -0.39 is 0 Å². The Bertz CT molecular complexity index is 581. The van der Waals surface area contributed by atoms with Crippen LogP contribution in [-0.2, 0) is 19.2 Å². The number of amides is 4. The Kier molecular flexibility index (Phi) is 4.84. The van der Waals surface area contributed by atoms with Gasteiger partial charge in [0, 0.05) is 37.8 Å². The van der Waals surface area contributed by atoms with Gasteiger partial charge in [0.2, 0.25) is 23.6 Å². The van der Waals surface area contributed by atoms with Gasteiger partial charge in [-0.25, -0.2) is 0 Å². The second-order valence-electron chi connectivity index (χ2n) is 8.45. The molecule has 0 aromatic heterocycles. The summed E-state index contributed by atoms with van der Waals surface area (Å²) in [6.45, 7) is 4.62. The van der Waals surface area contributed by atoms with Crippen molar-refractivity contribution in [2.24, 2.45) is 23.2 Å². The van der Waals surface area contributed by atoms with E-state index in [1.807, 2.05) is 0 Å². The van der Waals surface area contributed by atoms with Crippen LogP contribution >= 0.6 is 0 Å². The molecule has 3 aliphatic rings. The molecule has 138 valence electrons. The zero-order chi connectivity index (χ0) is 18.2. The van der Waals surface area contributed by atoms with Crippen molar-refractivity contribution in [3.8, 4) is 0 Å². The molecule has 0 aromatic rings. The van der Waals surface area contributed by atoms with E-state index in [1.54, 1.807) is 0 Å². The van der Waals surface area contributed by atoms with Gasteiger partial charge in [0.1, 0.15) is 0 Å². The molecular formula is C18H27N3O4. The van der Waals surface area contributed by atoms with Crippen LogP contribution in [0, 0.1) is 23.2 Å². The molecule has 0 aromatic carbocycles. The zero-order valence-corrected chi connectivity index (χ0v) is 14.9. The maximum absolute atomic E-state index is 12.3. The van der Waals surface area contributed by atoms with Crippen molar-refractivity contribution in [2.45, 2.75) is 58.4 Å². The second-order valence-corrected chi connectivity index (χ2v) is 8.45. The molecule has 1 aliphatic heterocycles. The first kappa shape index (κ1) is 17.9. The number of carbonyl (C=O) groups excluding carboxylic acids is 4. The topological polar surface area (TPSA) is 104 Å². The highest BCUT2D eigenvalue weighted by molar-refractivity contribution is 5.98. The van der Waals surface area contributed by atoms with Gasteiger partial charge in [-0.2, -0.15) is 0 Å². The van der Waals surface area contributed by atoms with Crippen molar-refractivity contribution in [3.05, 3.63) is 0 Å². The normalized spacial score (nSPS) is 26.6. The lowest BCUT2D eigenvalue weighted by molar-refractivity contribution is -0.135. The minimum atomic E-state index is -0.313. The fourth-order valence-electron chi connectivity index (χ4n) is 3.61. The van der Waals surface area contributed by atoms with Gasteiger partial charge < -0.3 is 10.6 Å². The summed E-state index contributed by atoms with van der Waals surface area (Å²) in [6, 6.07) is -0.0635. The lowest BCUT2D eigenvalue weighted by Crippen LogP contribution is -2.47. The third-order valence-electron chi connectivity index (χ3n) is 5.56. The molecule has 2 saturated carbocycles. The number of hydrogen-bond acceptors (Lipinski definition) is 4. The highest BCUT2D eigenvalue weighted by atomic mass is 16.2. The molecule has 1 unspecified atom stereocenters. The van der Waals surface area contributed by atoms with Gasteiger partial charge in [0.05, 0.1) is 0 Å². The largest absolute Gasteiger partial charge is 0.354 e. The molecule has 4 amide bonds. The van der Waals surface area contributed by atoms with Crippen molar-refractivity contribution >= 4 is 23.6 Å². The second kappa shape index (κ2) is 6.77. The molecule has 7 nitrogen and oxygen atoms in total. The summed E-state index contributed by atoms with van der Waals surface area (Å²) in [5.41, 5.74) is 0.0938. The molecule has 1 saturated heterocycles. The van der Waals surface area contributed by atoms with Crippen LogP contribution in [0.4, 0.5) is 0 Å². The maximum Gasteiger partial charge on any atom is 0.226 e. The van der Waals surface area contributed by atoms with E-state index in [4.69, 9.17) is 0 Å². The van der Waals surface area contributed by atoms with Crippen LogP contribution in [0.15, 0.2) is 0 Å². The zero-order valence-electron chi connectivity index (χ0n) is 14.9. The first-order valence-electron chi connectivity index (χ1n) is 9.14. The minimum absolute atomic E-state index is 0.0635. The summed E-state index contributed by atoms with van der Waals surface area (Å²) in [5, 5.41) is 8.22. The Balaban J connectivity index is 1.45. The molecule has 0 bridgehead atoms. The van der Waals surface area contributed by atoms with Crippen molar-refractivity contribution in [2.75, 3.05) is 6.54 Å². The van der Waals surface area contributed by atoms with Crippen molar-refractivity contribution in [1.82, 2.24) is 16.0 Å². The molecule has 25 heavy (non-hydrogen) atoms. The van der Waals surface area contributed by atoms with E-state index in [-0.39, 0.29) is 66.2 Å². The van der Waals surface area contributed by atoms with E-state index in [0.717, 1.165) is 19.3 Å². The Morgan fingerprint density at radius 3 is 2.32 bits per heavy atom. The summed E-state index contributed by atoms with van der Waals surface area (Å²) < 4.78 is 0. The van der Waals surface area contributed by atoms with E-state index in [2.05, 4.69) is 29.8 Å². The molecule has 2 atom stereocenters. The fourth-order valence-corrected chi connectivity index (χ4v) is 3.61. The predicted molar refractivity (Wildman–Crippen MR) is 90.0 cm³/mol. The maximum atomic E-state index is 12.3. The molecule has 2 aliphatic carbocycles. The van der Waals surface area contributed by atoms with Gasteiger partial charge in [0.15, 0.2) is 0 Å². The number of piperidine rings is 1. The lowest BCUT2D eigenvalue weighted by atomic mass is 9.93. The van der Waals surface area contributed by atoms with Gasteiger partial charge >= 0.3 is 0 Å². The summed E-state index contributed by atoms with van der Waals surface area (Å²) in [6.07, 6.45) is 3.62. The van der Waals surface area contributed by atoms with Crippen molar-refractivity contribution < 1.29 is 19.2 Å². The van der Waals surface area contributed by atoms with Gasteiger partial charge in [-0.15, -0.1) is 0 Å². The van der Waals surface area contributed by atoms with E-state index in [0.29, 0.717) is 12.5 Å². The van der Waals surface area contributed by atoms with Crippen LogP contribution in [0.25, 0.3) is 0 Å². The third kappa shape index (κ3) is 4.80. The van der Waals surface area contributed by atoms with Gasteiger partial charge in [0.25, 0.3) is 0 Å². The quantitative estimate of drug-likeness (QED) is 0.582. The monoisotopic (exact) mass is 349 g/mol. The molecule has 7 heteroatoms. The van der Waals surface area contributed by atoms with Crippen LogP contribution < -0.4 is 16.0 Å². The molecular weight excluding hydrogens is 322 g/mol. The Hall–Kier alpha value is -1.92. The smallest absolute Gasteiger partial charge is 0.226 e. The number of imide groups is 1. The molecule has 0 radical (unpaired) electrons.